The molecule has 1 aliphatic carbocycles. The van der Waals surface area contributed by atoms with Crippen LogP contribution in [0.4, 0.5) is 0 Å². The second kappa shape index (κ2) is 15.8. The predicted molar refractivity (Wildman–Crippen MR) is 135 cm³/mol. The van der Waals surface area contributed by atoms with Crippen LogP contribution in [0, 0.1) is 17.8 Å². The fraction of sp³-hybridized carbons (Fsp3) is 0.793. The Balaban J connectivity index is 2.22. The molecule has 0 aromatic carbocycles. The molecule has 0 aliphatic heterocycles. The lowest BCUT2D eigenvalue weighted by Crippen LogP contribution is -2.11. The molecule has 0 N–H and O–H groups in total. The molecule has 0 heterocycles. The van der Waals surface area contributed by atoms with Gasteiger partial charge < -0.3 is 4.74 Å². The third kappa shape index (κ3) is 10.9. The highest BCUT2D eigenvalue weighted by Gasteiger charge is 2.20. The quantitative estimate of drug-likeness (QED) is 0.180. The van der Waals surface area contributed by atoms with Crippen LogP contribution >= 0.6 is 0 Å². The molecule has 0 fully saturated rings. The van der Waals surface area contributed by atoms with Crippen molar-refractivity contribution in [3.63, 3.8) is 0 Å². The summed E-state index contributed by atoms with van der Waals surface area (Å²) in [6, 6.07) is 0. The van der Waals surface area contributed by atoms with Gasteiger partial charge >= 0.3 is 0 Å². The van der Waals surface area contributed by atoms with Gasteiger partial charge in [-0.25, -0.2) is 0 Å². The van der Waals surface area contributed by atoms with Crippen LogP contribution in [0.2, 0.25) is 0 Å². The monoisotopic (exact) mass is 416 g/mol. The fourth-order valence-corrected chi connectivity index (χ4v) is 4.52. The van der Waals surface area contributed by atoms with Crippen LogP contribution in [0.25, 0.3) is 0 Å². The van der Waals surface area contributed by atoms with E-state index in [-0.39, 0.29) is 0 Å². The zero-order valence-corrected chi connectivity index (χ0v) is 21.5. The molecule has 30 heavy (non-hydrogen) atoms. The lowest BCUT2D eigenvalue weighted by molar-refractivity contribution is 0.225. The van der Waals surface area contributed by atoms with Crippen molar-refractivity contribution in [3.8, 4) is 0 Å². The first kappa shape index (κ1) is 27.1. The van der Waals surface area contributed by atoms with Crippen molar-refractivity contribution in [2.75, 3.05) is 6.61 Å². The van der Waals surface area contributed by atoms with E-state index in [9.17, 15) is 0 Å². The molecular weight excluding hydrogens is 364 g/mol. The average molecular weight is 417 g/mol. The number of ether oxygens (including phenoxy) is 1. The Kier molecular flexibility index (Phi) is 14.2. The van der Waals surface area contributed by atoms with Crippen LogP contribution < -0.4 is 0 Å². The molecule has 0 bridgehead atoms. The molecule has 0 saturated carbocycles. The van der Waals surface area contributed by atoms with Gasteiger partial charge in [-0.1, -0.05) is 83.9 Å². The van der Waals surface area contributed by atoms with E-state index in [4.69, 9.17) is 4.74 Å². The van der Waals surface area contributed by atoms with Gasteiger partial charge in [0.05, 0.1) is 6.61 Å². The van der Waals surface area contributed by atoms with Gasteiger partial charge in [0.15, 0.2) is 0 Å². The Morgan fingerprint density at radius 1 is 1.07 bits per heavy atom. The normalized spacial score (nSPS) is 19.6. The Bertz CT molecular complexity index is 551. The maximum absolute atomic E-state index is 6.01. The van der Waals surface area contributed by atoms with Crippen LogP contribution in [0.1, 0.15) is 126 Å². The standard InChI is InChI=1S/C29H52O/c1-8-10-11-14-23(3)15-12-16-24(4)17-13-18-25(5)19-21-28-22-20-26(6)27(7)29(28)30-9-2/h14,22,24-26H,8-13,15-21H2,1-7H3/b23-14+. The summed E-state index contributed by atoms with van der Waals surface area (Å²) in [5.74, 6) is 3.52. The molecule has 174 valence electrons. The minimum Gasteiger partial charge on any atom is -0.494 e. The summed E-state index contributed by atoms with van der Waals surface area (Å²) < 4.78 is 6.01. The van der Waals surface area contributed by atoms with E-state index in [2.05, 4.69) is 60.6 Å². The van der Waals surface area contributed by atoms with E-state index in [1.165, 1.54) is 94.0 Å². The fourth-order valence-electron chi connectivity index (χ4n) is 4.52. The van der Waals surface area contributed by atoms with Crippen molar-refractivity contribution in [2.24, 2.45) is 17.8 Å². The van der Waals surface area contributed by atoms with E-state index in [1.54, 1.807) is 5.57 Å². The highest BCUT2D eigenvalue weighted by molar-refractivity contribution is 5.34. The first-order valence-electron chi connectivity index (χ1n) is 13.1. The summed E-state index contributed by atoms with van der Waals surface area (Å²) >= 11 is 0. The van der Waals surface area contributed by atoms with Gasteiger partial charge in [0.25, 0.3) is 0 Å². The van der Waals surface area contributed by atoms with Gasteiger partial charge in [0, 0.05) is 0 Å². The van der Waals surface area contributed by atoms with Crippen molar-refractivity contribution in [3.05, 3.63) is 34.6 Å². The SMILES string of the molecule is CCCC/C=C(\C)CCCC(C)CCCC(C)CCC1=CCC(C)C(C)=C1OCC. The number of hydrogen-bond donors (Lipinski definition) is 0. The number of unbranched alkanes of at least 4 members (excludes halogenated alkanes) is 2. The summed E-state index contributed by atoms with van der Waals surface area (Å²) in [7, 11) is 0. The number of hydrogen-bond acceptors (Lipinski definition) is 1. The molecular formula is C29H52O. The van der Waals surface area contributed by atoms with Gasteiger partial charge in [-0.05, 0) is 88.2 Å². The van der Waals surface area contributed by atoms with Crippen molar-refractivity contribution >= 4 is 0 Å². The third-order valence-corrected chi connectivity index (χ3v) is 7.01. The largest absolute Gasteiger partial charge is 0.494 e. The molecule has 0 aromatic heterocycles. The van der Waals surface area contributed by atoms with Gasteiger partial charge in [0.1, 0.15) is 5.76 Å². The Hall–Kier alpha value is -0.980. The molecule has 1 heteroatoms. The zero-order chi connectivity index (χ0) is 22.4. The molecule has 0 aromatic rings. The smallest absolute Gasteiger partial charge is 0.121 e. The number of allylic oxidation sites excluding steroid dienone is 5. The molecule has 1 rings (SSSR count). The highest BCUT2D eigenvalue weighted by atomic mass is 16.5. The van der Waals surface area contributed by atoms with Crippen LogP contribution in [0.3, 0.4) is 0 Å². The minimum absolute atomic E-state index is 0.629. The molecule has 0 spiro atoms. The molecule has 3 unspecified atom stereocenters. The summed E-state index contributed by atoms with van der Waals surface area (Å²) in [6.45, 7) is 16.9. The van der Waals surface area contributed by atoms with Crippen LogP contribution in [-0.4, -0.2) is 6.61 Å². The van der Waals surface area contributed by atoms with Crippen LogP contribution in [0.5, 0.6) is 0 Å². The second-order valence-electron chi connectivity index (χ2n) is 10.1. The Morgan fingerprint density at radius 2 is 1.73 bits per heavy atom. The Labute approximate surface area is 189 Å². The van der Waals surface area contributed by atoms with Crippen molar-refractivity contribution in [1.29, 1.82) is 0 Å². The van der Waals surface area contributed by atoms with Crippen molar-refractivity contribution < 1.29 is 4.74 Å². The average Bonchev–Trinajstić information content (AvgIpc) is 2.71. The van der Waals surface area contributed by atoms with E-state index in [0.717, 1.165) is 18.4 Å². The molecule has 1 aliphatic rings. The molecule has 0 radical (unpaired) electrons. The topological polar surface area (TPSA) is 9.23 Å². The van der Waals surface area contributed by atoms with Crippen LogP contribution in [-0.2, 0) is 4.74 Å². The minimum atomic E-state index is 0.629. The van der Waals surface area contributed by atoms with Crippen LogP contribution in [0.15, 0.2) is 34.6 Å². The van der Waals surface area contributed by atoms with Gasteiger partial charge in [0.2, 0.25) is 0 Å². The summed E-state index contributed by atoms with van der Waals surface area (Å²) in [5.41, 5.74) is 4.52. The van der Waals surface area contributed by atoms with E-state index in [1.807, 2.05) is 0 Å². The maximum atomic E-state index is 6.01. The summed E-state index contributed by atoms with van der Waals surface area (Å²) in [5, 5.41) is 0. The highest BCUT2D eigenvalue weighted by Crippen LogP contribution is 2.34. The second-order valence-corrected chi connectivity index (χ2v) is 10.1. The van der Waals surface area contributed by atoms with Crippen molar-refractivity contribution in [2.45, 2.75) is 126 Å². The number of rotatable bonds is 16. The zero-order valence-electron chi connectivity index (χ0n) is 21.5. The molecule has 0 saturated heterocycles. The van der Waals surface area contributed by atoms with Gasteiger partial charge in [-0.2, -0.15) is 0 Å². The predicted octanol–water partition coefficient (Wildman–Crippen LogP) is 9.79. The lowest BCUT2D eigenvalue weighted by atomic mass is 9.86. The van der Waals surface area contributed by atoms with E-state index < -0.39 is 0 Å². The molecule has 1 nitrogen and oxygen atoms in total. The van der Waals surface area contributed by atoms with E-state index in [0.29, 0.717) is 5.92 Å². The molecule has 0 amide bonds. The first-order valence-corrected chi connectivity index (χ1v) is 13.1. The van der Waals surface area contributed by atoms with Gasteiger partial charge in [-0.15, -0.1) is 0 Å². The van der Waals surface area contributed by atoms with Crippen molar-refractivity contribution in [1.82, 2.24) is 0 Å². The Morgan fingerprint density at radius 3 is 2.40 bits per heavy atom. The van der Waals surface area contributed by atoms with E-state index >= 15 is 0 Å². The third-order valence-electron chi connectivity index (χ3n) is 7.01. The summed E-state index contributed by atoms with van der Waals surface area (Å²) in [4.78, 5) is 0. The lowest BCUT2D eigenvalue weighted by Gasteiger charge is -2.25. The first-order chi connectivity index (χ1) is 14.4. The maximum Gasteiger partial charge on any atom is 0.121 e. The summed E-state index contributed by atoms with van der Waals surface area (Å²) in [6.07, 6.45) is 20.7. The van der Waals surface area contributed by atoms with Gasteiger partial charge in [-0.3, -0.25) is 0 Å². The molecule has 3 atom stereocenters.